The second-order valence-corrected chi connectivity index (χ2v) is 4.16. The van der Waals surface area contributed by atoms with Crippen molar-refractivity contribution in [3.05, 3.63) is 42.0 Å². The molecule has 100 valence electrons. The second kappa shape index (κ2) is 5.52. The molecule has 0 atom stereocenters. The lowest BCUT2D eigenvalue weighted by Gasteiger charge is -2.13. The Morgan fingerprint density at radius 2 is 1.58 bits per heavy atom. The summed E-state index contributed by atoms with van der Waals surface area (Å²) in [4.78, 5) is 0. The van der Waals surface area contributed by atoms with E-state index in [0.29, 0.717) is 28.7 Å². The number of ether oxygens (including phenoxy) is 3. The van der Waals surface area contributed by atoms with Crippen LogP contribution in [-0.4, -0.2) is 14.2 Å². The Kier molecular flexibility index (Phi) is 3.80. The molecule has 0 saturated carbocycles. The summed E-state index contributed by atoms with van der Waals surface area (Å²) < 4.78 is 16.2. The van der Waals surface area contributed by atoms with E-state index < -0.39 is 0 Å². The molecule has 0 unspecified atom stereocenters. The van der Waals surface area contributed by atoms with Gasteiger partial charge in [0.2, 0.25) is 0 Å². The van der Waals surface area contributed by atoms with Gasteiger partial charge in [-0.3, -0.25) is 0 Å². The molecular formula is C15H17NO3. The van der Waals surface area contributed by atoms with Gasteiger partial charge in [0, 0.05) is 6.07 Å². The maximum atomic E-state index is 5.92. The summed E-state index contributed by atoms with van der Waals surface area (Å²) in [5.74, 6) is 2.57. The van der Waals surface area contributed by atoms with E-state index in [-0.39, 0.29) is 0 Å². The topological polar surface area (TPSA) is 53.7 Å². The number of hydrogen-bond acceptors (Lipinski definition) is 4. The molecule has 0 aromatic heterocycles. The Balaban J connectivity index is 2.31. The van der Waals surface area contributed by atoms with Crippen LogP contribution in [0, 0.1) is 6.92 Å². The minimum absolute atomic E-state index is 0.516. The van der Waals surface area contributed by atoms with Crippen LogP contribution >= 0.6 is 0 Å². The maximum Gasteiger partial charge on any atom is 0.169 e. The zero-order chi connectivity index (χ0) is 13.8. The van der Waals surface area contributed by atoms with Crippen molar-refractivity contribution in [1.29, 1.82) is 0 Å². The molecule has 4 heteroatoms. The van der Waals surface area contributed by atoms with Crippen LogP contribution in [0.25, 0.3) is 0 Å². The number of nitrogen functional groups attached to an aromatic ring is 1. The fourth-order valence-electron chi connectivity index (χ4n) is 1.72. The van der Waals surface area contributed by atoms with Gasteiger partial charge in [-0.15, -0.1) is 0 Å². The molecule has 0 aliphatic rings. The third kappa shape index (κ3) is 2.91. The van der Waals surface area contributed by atoms with E-state index in [2.05, 4.69) is 0 Å². The summed E-state index contributed by atoms with van der Waals surface area (Å²) in [6.45, 7) is 1.99. The first-order valence-electron chi connectivity index (χ1n) is 5.90. The van der Waals surface area contributed by atoms with Gasteiger partial charge in [-0.25, -0.2) is 0 Å². The van der Waals surface area contributed by atoms with Crippen molar-refractivity contribution in [3.63, 3.8) is 0 Å². The van der Waals surface area contributed by atoms with Gasteiger partial charge in [0.1, 0.15) is 5.75 Å². The Bertz CT molecular complexity index is 582. The number of rotatable bonds is 4. The SMILES string of the molecule is COc1ccc(Oc2ccc(C)cc2OC)c(N)c1. The molecule has 19 heavy (non-hydrogen) atoms. The number of aryl methyl sites for hydroxylation is 1. The lowest BCUT2D eigenvalue weighted by Crippen LogP contribution is -1.95. The van der Waals surface area contributed by atoms with E-state index in [0.717, 1.165) is 5.56 Å². The van der Waals surface area contributed by atoms with Gasteiger partial charge < -0.3 is 19.9 Å². The first kappa shape index (κ1) is 13.1. The highest BCUT2D eigenvalue weighted by Gasteiger charge is 2.08. The van der Waals surface area contributed by atoms with Crippen LogP contribution < -0.4 is 19.9 Å². The molecule has 2 aromatic rings. The predicted molar refractivity (Wildman–Crippen MR) is 75.2 cm³/mol. The number of hydrogen-bond donors (Lipinski definition) is 1. The molecule has 0 heterocycles. The summed E-state index contributed by atoms with van der Waals surface area (Å²) in [7, 11) is 3.21. The maximum absolute atomic E-state index is 5.92. The molecule has 2 aromatic carbocycles. The Morgan fingerprint density at radius 3 is 2.21 bits per heavy atom. The fourth-order valence-corrected chi connectivity index (χ4v) is 1.72. The summed E-state index contributed by atoms with van der Waals surface area (Å²) in [6, 6.07) is 11.0. The summed E-state index contributed by atoms with van der Waals surface area (Å²) in [6.07, 6.45) is 0. The first-order chi connectivity index (χ1) is 9.13. The van der Waals surface area contributed by atoms with Gasteiger partial charge in [-0.05, 0) is 36.8 Å². The van der Waals surface area contributed by atoms with Gasteiger partial charge in [-0.1, -0.05) is 6.07 Å². The Labute approximate surface area is 112 Å². The molecule has 0 fully saturated rings. The molecule has 0 amide bonds. The van der Waals surface area contributed by atoms with Crippen molar-refractivity contribution in [1.82, 2.24) is 0 Å². The van der Waals surface area contributed by atoms with Crippen LogP contribution in [0.3, 0.4) is 0 Å². The fraction of sp³-hybridized carbons (Fsp3) is 0.200. The Hall–Kier alpha value is -2.36. The van der Waals surface area contributed by atoms with Crippen molar-refractivity contribution in [3.8, 4) is 23.0 Å². The molecule has 0 aliphatic heterocycles. The highest BCUT2D eigenvalue weighted by molar-refractivity contribution is 5.58. The van der Waals surface area contributed by atoms with E-state index in [9.17, 15) is 0 Å². The predicted octanol–water partition coefficient (Wildman–Crippen LogP) is 3.39. The molecule has 4 nitrogen and oxygen atoms in total. The molecular weight excluding hydrogens is 242 g/mol. The van der Waals surface area contributed by atoms with Crippen LogP contribution in [0.1, 0.15) is 5.56 Å². The molecule has 2 rings (SSSR count). The van der Waals surface area contributed by atoms with Gasteiger partial charge in [0.25, 0.3) is 0 Å². The van der Waals surface area contributed by atoms with E-state index in [1.54, 1.807) is 32.4 Å². The van der Waals surface area contributed by atoms with Crippen molar-refractivity contribution in [2.45, 2.75) is 6.92 Å². The number of anilines is 1. The van der Waals surface area contributed by atoms with Crippen LogP contribution in [0.5, 0.6) is 23.0 Å². The quantitative estimate of drug-likeness (QED) is 0.855. The molecule has 0 aliphatic carbocycles. The van der Waals surface area contributed by atoms with Crippen LogP contribution in [0.2, 0.25) is 0 Å². The number of nitrogens with two attached hydrogens (primary N) is 1. The number of benzene rings is 2. The van der Waals surface area contributed by atoms with Crippen molar-refractivity contribution in [2.24, 2.45) is 0 Å². The highest BCUT2D eigenvalue weighted by atomic mass is 16.5. The number of methoxy groups -OCH3 is 2. The minimum atomic E-state index is 0.516. The van der Waals surface area contributed by atoms with Crippen molar-refractivity contribution < 1.29 is 14.2 Å². The minimum Gasteiger partial charge on any atom is -0.497 e. The van der Waals surface area contributed by atoms with Gasteiger partial charge >= 0.3 is 0 Å². The standard InChI is InChI=1S/C15H17NO3/c1-10-4-6-14(15(8-10)18-3)19-13-7-5-11(17-2)9-12(13)16/h4-9H,16H2,1-3H3. The van der Waals surface area contributed by atoms with Crippen LogP contribution in [0.15, 0.2) is 36.4 Å². The van der Waals surface area contributed by atoms with Gasteiger partial charge in [0.05, 0.1) is 19.9 Å². The molecule has 0 saturated heterocycles. The van der Waals surface area contributed by atoms with Crippen molar-refractivity contribution in [2.75, 3.05) is 20.0 Å². The lowest BCUT2D eigenvalue weighted by molar-refractivity contribution is 0.378. The molecule has 0 spiro atoms. The van der Waals surface area contributed by atoms with E-state index >= 15 is 0 Å². The lowest BCUT2D eigenvalue weighted by atomic mass is 10.2. The second-order valence-electron chi connectivity index (χ2n) is 4.16. The monoisotopic (exact) mass is 259 g/mol. The van der Waals surface area contributed by atoms with Crippen LogP contribution in [-0.2, 0) is 0 Å². The van der Waals surface area contributed by atoms with Crippen LogP contribution in [0.4, 0.5) is 5.69 Å². The largest absolute Gasteiger partial charge is 0.497 e. The molecule has 2 N–H and O–H groups in total. The van der Waals surface area contributed by atoms with Gasteiger partial charge in [-0.2, -0.15) is 0 Å². The van der Waals surface area contributed by atoms with E-state index in [1.807, 2.05) is 25.1 Å². The average molecular weight is 259 g/mol. The first-order valence-corrected chi connectivity index (χ1v) is 5.90. The highest BCUT2D eigenvalue weighted by Crippen LogP contribution is 2.35. The smallest absolute Gasteiger partial charge is 0.169 e. The Morgan fingerprint density at radius 1 is 0.842 bits per heavy atom. The van der Waals surface area contributed by atoms with Crippen molar-refractivity contribution >= 4 is 5.69 Å². The molecule has 0 radical (unpaired) electrons. The zero-order valence-electron chi connectivity index (χ0n) is 11.3. The summed E-state index contributed by atoms with van der Waals surface area (Å²) in [5.41, 5.74) is 7.54. The summed E-state index contributed by atoms with van der Waals surface area (Å²) >= 11 is 0. The average Bonchev–Trinajstić information content (AvgIpc) is 2.42. The normalized spacial score (nSPS) is 10.1. The van der Waals surface area contributed by atoms with E-state index in [1.165, 1.54) is 0 Å². The third-order valence-corrected chi connectivity index (χ3v) is 2.76. The summed E-state index contributed by atoms with van der Waals surface area (Å²) in [5, 5.41) is 0. The third-order valence-electron chi connectivity index (χ3n) is 2.76. The van der Waals surface area contributed by atoms with Gasteiger partial charge in [0.15, 0.2) is 17.2 Å². The van der Waals surface area contributed by atoms with E-state index in [4.69, 9.17) is 19.9 Å². The zero-order valence-corrected chi connectivity index (χ0v) is 11.3. The molecule has 0 bridgehead atoms.